The zero-order chi connectivity index (χ0) is 21.4. The molecule has 3 aromatic rings. The fraction of sp³-hybridized carbons (Fsp3) is 0.360. The molecule has 2 atom stereocenters. The zero-order valence-electron chi connectivity index (χ0n) is 17.8. The van der Waals surface area contributed by atoms with Crippen LogP contribution in [0.15, 0.2) is 54.7 Å². The van der Waals surface area contributed by atoms with E-state index in [1.807, 2.05) is 55.6 Å². The Kier molecular flexibility index (Phi) is 5.24. The van der Waals surface area contributed by atoms with Crippen LogP contribution in [0.4, 0.5) is 0 Å². The third-order valence-corrected chi connectivity index (χ3v) is 6.64. The van der Waals surface area contributed by atoms with Gasteiger partial charge >= 0.3 is 0 Å². The summed E-state index contributed by atoms with van der Waals surface area (Å²) in [5.41, 5.74) is 3.67. The van der Waals surface area contributed by atoms with E-state index in [1.165, 1.54) is 12.8 Å². The number of likely N-dealkylation sites (tertiary alicyclic amines) is 1. The number of amides is 2. The average molecular weight is 417 g/mol. The van der Waals surface area contributed by atoms with E-state index in [2.05, 4.69) is 21.3 Å². The van der Waals surface area contributed by atoms with Crippen molar-refractivity contribution in [3.05, 3.63) is 71.4 Å². The molecule has 31 heavy (non-hydrogen) atoms. The number of hydrogen-bond donors (Lipinski definition) is 2. The van der Waals surface area contributed by atoms with Crippen molar-refractivity contribution >= 4 is 22.7 Å². The number of fused-ring (bicyclic) bond motifs is 2. The molecule has 2 aromatic carbocycles. The Balaban J connectivity index is 1.43. The van der Waals surface area contributed by atoms with Crippen molar-refractivity contribution in [2.75, 3.05) is 26.2 Å². The van der Waals surface area contributed by atoms with E-state index >= 15 is 0 Å². The van der Waals surface area contributed by atoms with Crippen LogP contribution in [0.2, 0.25) is 0 Å². The molecule has 2 aliphatic heterocycles. The van der Waals surface area contributed by atoms with Crippen LogP contribution >= 0.6 is 0 Å². The molecule has 2 unspecified atom stereocenters. The highest BCUT2D eigenvalue weighted by molar-refractivity contribution is 6.03. The van der Waals surface area contributed by atoms with E-state index in [0.29, 0.717) is 12.1 Å². The maximum absolute atomic E-state index is 13.4. The third-order valence-electron chi connectivity index (χ3n) is 6.64. The number of H-pyrrole nitrogens is 1. The summed E-state index contributed by atoms with van der Waals surface area (Å²) in [6.45, 7) is 5.51. The number of carbonyl (C=O) groups excluding carboxylic acids is 2. The number of hydrogen-bond acceptors (Lipinski definition) is 3. The first kappa shape index (κ1) is 19.8. The second-order valence-corrected chi connectivity index (χ2v) is 8.51. The molecule has 0 saturated carbocycles. The van der Waals surface area contributed by atoms with E-state index in [0.717, 1.165) is 41.7 Å². The van der Waals surface area contributed by atoms with Gasteiger partial charge in [0.05, 0.1) is 6.04 Å². The molecular weight excluding hydrogens is 388 g/mol. The molecule has 1 saturated heterocycles. The van der Waals surface area contributed by atoms with Gasteiger partial charge in [0.2, 0.25) is 5.91 Å². The molecule has 3 heterocycles. The van der Waals surface area contributed by atoms with Gasteiger partial charge in [-0.25, -0.2) is 0 Å². The monoisotopic (exact) mass is 416 g/mol. The topological polar surface area (TPSA) is 68.4 Å². The Morgan fingerprint density at radius 1 is 1.10 bits per heavy atom. The lowest BCUT2D eigenvalue weighted by Crippen LogP contribution is -2.48. The maximum atomic E-state index is 13.4. The van der Waals surface area contributed by atoms with Gasteiger partial charge < -0.3 is 20.1 Å². The zero-order valence-corrected chi connectivity index (χ0v) is 17.8. The van der Waals surface area contributed by atoms with Gasteiger partial charge in [-0.05, 0) is 50.6 Å². The number of para-hydroxylation sites is 1. The lowest BCUT2D eigenvalue weighted by molar-refractivity contribution is -0.125. The van der Waals surface area contributed by atoms with Gasteiger partial charge in [0.15, 0.2) is 0 Å². The minimum atomic E-state index is -0.572. The van der Waals surface area contributed by atoms with Crippen molar-refractivity contribution in [3.8, 4) is 0 Å². The first-order valence-corrected chi connectivity index (χ1v) is 11.1. The highest BCUT2D eigenvalue weighted by atomic mass is 16.2. The summed E-state index contributed by atoms with van der Waals surface area (Å²) in [5.74, 6) is -0.196. The first-order valence-electron chi connectivity index (χ1n) is 11.1. The molecule has 0 aliphatic carbocycles. The molecule has 6 nitrogen and oxygen atoms in total. The van der Waals surface area contributed by atoms with Crippen molar-refractivity contribution in [3.63, 3.8) is 0 Å². The number of nitrogens with one attached hydrogen (secondary N) is 2. The van der Waals surface area contributed by atoms with Crippen LogP contribution in [0, 0.1) is 0 Å². The molecular formula is C25H28N4O2. The smallest absolute Gasteiger partial charge is 0.255 e. The minimum Gasteiger partial charge on any atom is -0.361 e. The fourth-order valence-electron chi connectivity index (χ4n) is 4.99. The summed E-state index contributed by atoms with van der Waals surface area (Å²) in [4.78, 5) is 33.9. The molecule has 2 N–H and O–H groups in total. The van der Waals surface area contributed by atoms with Gasteiger partial charge in [0.25, 0.3) is 5.91 Å². The highest BCUT2D eigenvalue weighted by Gasteiger charge is 2.42. The summed E-state index contributed by atoms with van der Waals surface area (Å²) >= 11 is 0. The van der Waals surface area contributed by atoms with Crippen LogP contribution in [0.1, 0.15) is 47.3 Å². The highest BCUT2D eigenvalue weighted by Crippen LogP contribution is 2.42. The van der Waals surface area contributed by atoms with Crippen LogP contribution < -0.4 is 5.32 Å². The second-order valence-electron chi connectivity index (χ2n) is 8.51. The summed E-state index contributed by atoms with van der Waals surface area (Å²) in [6.07, 6.45) is 4.43. The Morgan fingerprint density at radius 2 is 1.84 bits per heavy atom. The predicted octanol–water partition coefficient (Wildman–Crippen LogP) is 3.31. The Labute approximate surface area is 182 Å². The second kappa shape index (κ2) is 8.19. The fourth-order valence-corrected chi connectivity index (χ4v) is 4.99. The van der Waals surface area contributed by atoms with Crippen LogP contribution in [0.3, 0.4) is 0 Å². The van der Waals surface area contributed by atoms with Gasteiger partial charge in [-0.3, -0.25) is 9.59 Å². The molecule has 0 bridgehead atoms. The van der Waals surface area contributed by atoms with Crippen molar-refractivity contribution < 1.29 is 9.59 Å². The lowest BCUT2D eigenvalue weighted by Gasteiger charge is -2.30. The molecule has 2 aliphatic rings. The number of carbonyl (C=O) groups is 2. The van der Waals surface area contributed by atoms with Crippen molar-refractivity contribution in [1.29, 1.82) is 0 Å². The maximum Gasteiger partial charge on any atom is 0.255 e. The van der Waals surface area contributed by atoms with E-state index in [4.69, 9.17) is 0 Å². The molecule has 1 aromatic heterocycles. The van der Waals surface area contributed by atoms with E-state index in [-0.39, 0.29) is 17.9 Å². The van der Waals surface area contributed by atoms with Crippen LogP contribution in [-0.4, -0.2) is 58.8 Å². The van der Waals surface area contributed by atoms with E-state index in [9.17, 15) is 9.59 Å². The Bertz CT molecular complexity index is 1120. The molecule has 1 fully saturated rings. The lowest BCUT2D eigenvalue weighted by atomic mass is 9.97. The van der Waals surface area contributed by atoms with E-state index < -0.39 is 6.04 Å². The molecule has 6 heteroatoms. The molecule has 5 rings (SSSR count). The largest absolute Gasteiger partial charge is 0.361 e. The number of benzene rings is 2. The van der Waals surface area contributed by atoms with Crippen LogP contribution in [-0.2, 0) is 4.79 Å². The third kappa shape index (κ3) is 3.51. The van der Waals surface area contributed by atoms with Crippen molar-refractivity contribution in [2.45, 2.75) is 31.8 Å². The summed E-state index contributed by atoms with van der Waals surface area (Å²) in [5, 5.41) is 4.13. The van der Waals surface area contributed by atoms with Crippen LogP contribution in [0.5, 0.6) is 0 Å². The predicted molar refractivity (Wildman–Crippen MR) is 121 cm³/mol. The van der Waals surface area contributed by atoms with Gasteiger partial charge in [-0.15, -0.1) is 0 Å². The number of aromatic nitrogens is 1. The Hall–Kier alpha value is -3.12. The molecule has 0 radical (unpaired) electrons. The Morgan fingerprint density at radius 3 is 2.68 bits per heavy atom. The van der Waals surface area contributed by atoms with Gasteiger partial charge in [-0.1, -0.05) is 36.4 Å². The van der Waals surface area contributed by atoms with Gasteiger partial charge in [0, 0.05) is 41.3 Å². The number of nitrogens with zero attached hydrogens (tertiary/aromatic N) is 2. The SMILES string of the molecule is CC(C(=O)NCCN1CCCC1)N1C(=O)c2ccccc2C1c1c[nH]c2ccccc12. The molecule has 0 spiro atoms. The van der Waals surface area contributed by atoms with Gasteiger partial charge in [-0.2, -0.15) is 0 Å². The summed E-state index contributed by atoms with van der Waals surface area (Å²) < 4.78 is 0. The summed E-state index contributed by atoms with van der Waals surface area (Å²) in [6, 6.07) is 14.9. The molecule has 2 amide bonds. The normalized spacial score (nSPS) is 19.7. The van der Waals surface area contributed by atoms with Gasteiger partial charge in [0.1, 0.15) is 6.04 Å². The average Bonchev–Trinajstić information content (AvgIpc) is 3.52. The number of rotatable bonds is 6. The summed E-state index contributed by atoms with van der Waals surface area (Å²) in [7, 11) is 0. The first-order chi connectivity index (χ1) is 15.1. The van der Waals surface area contributed by atoms with Crippen molar-refractivity contribution in [1.82, 2.24) is 20.1 Å². The number of aromatic amines is 1. The van der Waals surface area contributed by atoms with E-state index in [1.54, 1.807) is 4.90 Å². The standard InChI is InChI=1S/C25H28N4O2/c1-17(24(30)26-12-15-28-13-6-7-14-28)29-23(19-9-2-3-10-20(19)25(29)31)21-16-27-22-11-5-4-8-18(21)22/h2-5,8-11,16-17,23,27H,6-7,12-15H2,1H3,(H,26,30). The minimum absolute atomic E-state index is 0.0897. The molecule has 160 valence electrons. The quantitative estimate of drug-likeness (QED) is 0.648. The van der Waals surface area contributed by atoms with Crippen LogP contribution in [0.25, 0.3) is 10.9 Å². The van der Waals surface area contributed by atoms with Crippen molar-refractivity contribution in [2.24, 2.45) is 0 Å².